The van der Waals surface area contributed by atoms with E-state index < -0.39 is 37.5 Å². The number of alkyl halides is 5. The summed E-state index contributed by atoms with van der Waals surface area (Å²) < 4.78 is 65.8. The number of halogens is 5. The highest BCUT2D eigenvalue weighted by molar-refractivity contribution is 5.90. The summed E-state index contributed by atoms with van der Waals surface area (Å²) in [6.07, 6.45) is -7.56. The minimum Gasteiger partial charge on any atom is -0.493 e. The molecule has 0 aliphatic heterocycles. The Morgan fingerprint density at radius 3 is 2.30 bits per heavy atom. The molecule has 3 nitrogen and oxygen atoms in total. The normalized spacial score (nSPS) is 12.2. The SMILES string of the molecule is O=C(O)c1ccccc1OCCCC(F)(F)C(F)(F)F. The van der Waals surface area contributed by atoms with Gasteiger partial charge in [-0.2, -0.15) is 22.0 Å². The first kappa shape index (κ1) is 16.2. The van der Waals surface area contributed by atoms with Crippen LogP contribution in [-0.2, 0) is 0 Å². The van der Waals surface area contributed by atoms with Crippen molar-refractivity contribution in [2.24, 2.45) is 0 Å². The largest absolute Gasteiger partial charge is 0.493 e. The van der Waals surface area contributed by atoms with Crippen molar-refractivity contribution in [1.29, 1.82) is 0 Å². The zero-order valence-electron chi connectivity index (χ0n) is 10.1. The molecule has 0 aliphatic rings. The number of hydrogen-bond acceptors (Lipinski definition) is 2. The number of aromatic carboxylic acids is 1. The number of rotatable bonds is 6. The van der Waals surface area contributed by atoms with Crippen molar-refractivity contribution in [3.05, 3.63) is 29.8 Å². The highest BCUT2D eigenvalue weighted by Crippen LogP contribution is 2.38. The van der Waals surface area contributed by atoms with E-state index in [4.69, 9.17) is 9.84 Å². The van der Waals surface area contributed by atoms with Gasteiger partial charge in [0, 0.05) is 6.42 Å². The minimum atomic E-state index is -5.59. The average molecular weight is 298 g/mol. The number of benzene rings is 1. The monoisotopic (exact) mass is 298 g/mol. The maximum absolute atomic E-state index is 12.6. The van der Waals surface area contributed by atoms with Gasteiger partial charge in [0.2, 0.25) is 0 Å². The predicted molar refractivity (Wildman–Crippen MR) is 59.1 cm³/mol. The Bertz CT molecular complexity index is 470. The van der Waals surface area contributed by atoms with Crippen LogP contribution in [0.15, 0.2) is 24.3 Å². The van der Waals surface area contributed by atoms with Crippen molar-refractivity contribution < 1.29 is 36.6 Å². The van der Waals surface area contributed by atoms with Crippen LogP contribution in [-0.4, -0.2) is 29.8 Å². The minimum absolute atomic E-state index is 0.0738. The molecule has 8 heteroatoms. The number of carboxylic acids is 1. The molecule has 1 aromatic rings. The fourth-order valence-corrected chi connectivity index (χ4v) is 1.39. The van der Waals surface area contributed by atoms with Gasteiger partial charge in [0.05, 0.1) is 6.61 Å². The molecule has 0 aromatic heterocycles. The van der Waals surface area contributed by atoms with E-state index in [9.17, 15) is 26.7 Å². The first-order chi connectivity index (χ1) is 9.15. The van der Waals surface area contributed by atoms with Crippen LogP contribution >= 0.6 is 0 Å². The van der Waals surface area contributed by atoms with Crippen LogP contribution in [0.3, 0.4) is 0 Å². The van der Waals surface area contributed by atoms with Crippen LogP contribution in [0.5, 0.6) is 5.75 Å². The highest BCUT2D eigenvalue weighted by Gasteiger charge is 2.56. The Morgan fingerprint density at radius 2 is 1.75 bits per heavy atom. The summed E-state index contributed by atoms with van der Waals surface area (Å²) in [5, 5.41) is 8.81. The third-order valence-corrected chi connectivity index (χ3v) is 2.42. The van der Waals surface area contributed by atoms with Gasteiger partial charge in [0.25, 0.3) is 0 Å². The van der Waals surface area contributed by atoms with Crippen molar-refractivity contribution in [3.63, 3.8) is 0 Å². The molecule has 0 saturated heterocycles. The van der Waals surface area contributed by atoms with Gasteiger partial charge >= 0.3 is 18.1 Å². The number of carbonyl (C=O) groups is 1. The van der Waals surface area contributed by atoms with Crippen LogP contribution in [0.4, 0.5) is 22.0 Å². The van der Waals surface area contributed by atoms with Gasteiger partial charge in [0.1, 0.15) is 11.3 Å². The van der Waals surface area contributed by atoms with E-state index in [2.05, 4.69) is 0 Å². The van der Waals surface area contributed by atoms with Gasteiger partial charge in [-0.3, -0.25) is 0 Å². The summed E-state index contributed by atoms with van der Waals surface area (Å²) in [4.78, 5) is 10.8. The molecule has 0 saturated carbocycles. The molecule has 1 rings (SSSR count). The van der Waals surface area contributed by atoms with E-state index in [0.717, 1.165) is 0 Å². The Kier molecular flexibility index (Phi) is 4.91. The maximum Gasteiger partial charge on any atom is 0.453 e. The van der Waals surface area contributed by atoms with Gasteiger partial charge < -0.3 is 9.84 Å². The molecular weight excluding hydrogens is 287 g/mol. The molecule has 0 heterocycles. The standard InChI is InChI=1S/C12H11F5O3/c13-11(14,12(15,16)17)6-3-7-20-9-5-2-1-4-8(9)10(18)19/h1-2,4-5H,3,6-7H2,(H,18,19). The van der Waals surface area contributed by atoms with Crippen molar-refractivity contribution in [1.82, 2.24) is 0 Å². The summed E-state index contributed by atoms with van der Waals surface area (Å²) >= 11 is 0. The van der Waals surface area contributed by atoms with Crippen LogP contribution in [0.25, 0.3) is 0 Å². The fraction of sp³-hybridized carbons (Fsp3) is 0.417. The Labute approximate surface area is 111 Å². The Hall–Kier alpha value is -1.86. The van der Waals surface area contributed by atoms with Crippen LogP contribution in [0.2, 0.25) is 0 Å². The second kappa shape index (κ2) is 6.06. The number of ether oxygens (including phenoxy) is 1. The second-order valence-corrected chi connectivity index (χ2v) is 3.96. The topological polar surface area (TPSA) is 46.5 Å². The van der Waals surface area contributed by atoms with E-state index in [1.807, 2.05) is 0 Å². The maximum atomic E-state index is 12.6. The lowest BCUT2D eigenvalue weighted by Gasteiger charge is -2.19. The molecule has 112 valence electrons. The van der Waals surface area contributed by atoms with E-state index in [1.165, 1.54) is 24.3 Å². The van der Waals surface area contributed by atoms with Crippen LogP contribution < -0.4 is 4.74 Å². The molecule has 0 unspecified atom stereocenters. The van der Waals surface area contributed by atoms with E-state index >= 15 is 0 Å². The van der Waals surface area contributed by atoms with Crippen molar-refractivity contribution in [3.8, 4) is 5.75 Å². The predicted octanol–water partition coefficient (Wildman–Crippen LogP) is 3.74. The second-order valence-electron chi connectivity index (χ2n) is 3.96. The lowest BCUT2D eigenvalue weighted by atomic mass is 10.2. The van der Waals surface area contributed by atoms with Crippen LogP contribution in [0, 0.1) is 0 Å². The number of para-hydroxylation sites is 1. The molecular formula is C12H11F5O3. The molecule has 0 amide bonds. The van der Waals surface area contributed by atoms with E-state index in [0.29, 0.717) is 0 Å². The molecule has 0 bridgehead atoms. The summed E-state index contributed by atoms with van der Waals surface area (Å²) in [6, 6.07) is 5.44. The van der Waals surface area contributed by atoms with E-state index in [1.54, 1.807) is 0 Å². The molecule has 1 N–H and O–H groups in total. The Morgan fingerprint density at radius 1 is 1.15 bits per heavy atom. The number of hydrogen-bond donors (Lipinski definition) is 1. The van der Waals surface area contributed by atoms with Gasteiger partial charge in [-0.05, 0) is 18.6 Å². The molecule has 0 atom stereocenters. The van der Waals surface area contributed by atoms with E-state index in [-0.39, 0.29) is 11.3 Å². The first-order valence-electron chi connectivity index (χ1n) is 5.55. The van der Waals surface area contributed by atoms with Gasteiger partial charge in [0.15, 0.2) is 0 Å². The highest BCUT2D eigenvalue weighted by atomic mass is 19.4. The zero-order valence-corrected chi connectivity index (χ0v) is 10.1. The van der Waals surface area contributed by atoms with Crippen LogP contribution in [0.1, 0.15) is 23.2 Å². The quantitative estimate of drug-likeness (QED) is 0.643. The van der Waals surface area contributed by atoms with Gasteiger partial charge in [-0.15, -0.1) is 0 Å². The van der Waals surface area contributed by atoms with Crippen molar-refractivity contribution >= 4 is 5.97 Å². The average Bonchev–Trinajstić information content (AvgIpc) is 2.33. The molecule has 0 fully saturated rings. The summed E-state index contributed by atoms with van der Waals surface area (Å²) in [5.41, 5.74) is -0.185. The third kappa shape index (κ3) is 4.07. The summed E-state index contributed by atoms with van der Waals surface area (Å²) in [6.45, 7) is -0.435. The molecule has 0 radical (unpaired) electrons. The number of carboxylic acid groups (broad SMARTS) is 1. The molecule has 20 heavy (non-hydrogen) atoms. The first-order valence-corrected chi connectivity index (χ1v) is 5.55. The lowest BCUT2D eigenvalue weighted by Crippen LogP contribution is -2.36. The lowest BCUT2D eigenvalue weighted by molar-refractivity contribution is -0.284. The fourth-order valence-electron chi connectivity index (χ4n) is 1.39. The summed E-state index contributed by atoms with van der Waals surface area (Å²) in [7, 11) is 0. The summed E-state index contributed by atoms with van der Waals surface area (Å²) in [5.74, 6) is -6.13. The zero-order chi connectivity index (χ0) is 15.4. The smallest absolute Gasteiger partial charge is 0.453 e. The Balaban J connectivity index is 2.52. The van der Waals surface area contributed by atoms with Gasteiger partial charge in [-0.1, -0.05) is 12.1 Å². The van der Waals surface area contributed by atoms with Crippen molar-refractivity contribution in [2.45, 2.75) is 24.9 Å². The molecule has 0 spiro atoms. The molecule has 0 aliphatic carbocycles. The third-order valence-electron chi connectivity index (χ3n) is 2.42. The van der Waals surface area contributed by atoms with Gasteiger partial charge in [-0.25, -0.2) is 4.79 Å². The molecule has 1 aromatic carbocycles. The van der Waals surface area contributed by atoms with Crippen molar-refractivity contribution in [2.75, 3.05) is 6.61 Å².